The number of carbonyl (C=O) groups excluding carboxylic acids is 1. The van der Waals surface area contributed by atoms with Crippen molar-refractivity contribution < 1.29 is 14.3 Å². The summed E-state index contributed by atoms with van der Waals surface area (Å²) < 4.78 is 13.0. The number of aromatic nitrogens is 1. The fraction of sp³-hybridized carbons (Fsp3) is 0.444. The van der Waals surface area contributed by atoms with E-state index in [1.165, 1.54) is 23.5 Å². The van der Waals surface area contributed by atoms with E-state index in [0.717, 1.165) is 36.3 Å². The molecule has 0 saturated heterocycles. The van der Waals surface area contributed by atoms with Gasteiger partial charge in [0, 0.05) is 6.42 Å². The van der Waals surface area contributed by atoms with Crippen LogP contribution in [0.3, 0.4) is 0 Å². The highest BCUT2D eigenvalue weighted by molar-refractivity contribution is 7.13. The van der Waals surface area contributed by atoms with Gasteiger partial charge in [-0.05, 0) is 37.5 Å². The molecule has 4 nitrogen and oxygen atoms in total. The van der Waals surface area contributed by atoms with Crippen molar-refractivity contribution in [2.75, 3.05) is 6.61 Å². The maximum absolute atomic E-state index is 13.0. The first kappa shape index (κ1) is 17.0. The zero-order valence-electron chi connectivity index (χ0n) is 13.6. The van der Waals surface area contributed by atoms with E-state index in [9.17, 15) is 14.3 Å². The fourth-order valence-corrected chi connectivity index (χ4v) is 4.18. The predicted octanol–water partition coefficient (Wildman–Crippen LogP) is 3.22. The number of aryl methyl sites for hydroxylation is 1. The Morgan fingerprint density at radius 3 is 2.62 bits per heavy atom. The molecule has 6 heteroatoms. The van der Waals surface area contributed by atoms with E-state index in [-0.39, 0.29) is 18.3 Å². The van der Waals surface area contributed by atoms with E-state index < -0.39 is 5.54 Å². The Labute approximate surface area is 144 Å². The molecule has 0 atom stereocenters. The van der Waals surface area contributed by atoms with Crippen LogP contribution in [0.4, 0.5) is 4.39 Å². The predicted molar refractivity (Wildman–Crippen MR) is 91.8 cm³/mol. The van der Waals surface area contributed by atoms with Crippen LogP contribution in [-0.4, -0.2) is 28.1 Å². The number of halogens is 1. The van der Waals surface area contributed by atoms with E-state index in [0.29, 0.717) is 17.0 Å². The van der Waals surface area contributed by atoms with Crippen molar-refractivity contribution in [1.82, 2.24) is 10.3 Å². The Bertz CT molecular complexity index is 721. The van der Waals surface area contributed by atoms with Crippen LogP contribution in [0.5, 0.6) is 0 Å². The minimum Gasteiger partial charge on any atom is -0.394 e. The molecule has 2 aromatic rings. The standard InChI is InChI=1S/C18H21FN2O2S/c1-12-16(17(23)21-18(11-22)8-2-3-9-18)24-15(20-12)10-13-4-6-14(19)7-5-13/h4-7,22H,2-3,8-11H2,1H3,(H,21,23). The number of thiazole rings is 1. The number of amides is 1. The van der Waals surface area contributed by atoms with E-state index >= 15 is 0 Å². The first-order valence-corrected chi connectivity index (χ1v) is 8.97. The summed E-state index contributed by atoms with van der Waals surface area (Å²) in [6.45, 7) is 1.79. The Morgan fingerprint density at radius 1 is 1.33 bits per heavy atom. The van der Waals surface area contributed by atoms with Crippen LogP contribution < -0.4 is 5.32 Å². The summed E-state index contributed by atoms with van der Waals surface area (Å²) in [6.07, 6.45) is 4.26. The molecular formula is C18H21FN2O2S. The zero-order valence-corrected chi connectivity index (χ0v) is 14.5. The second-order valence-electron chi connectivity index (χ2n) is 6.43. The van der Waals surface area contributed by atoms with Crippen LogP contribution in [0.1, 0.15) is 51.6 Å². The second kappa shape index (κ2) is 6.99. The minimum absolute atomic E-state index is 0.0287. The molecule has 1 aromatic heterocycles. The number of benzene rings is 1. The van der Waals surface area contributed by atoms with Gasteiger partial charge in [0.1, 0.15) is 10.7 Å². The highest BCUT2D eigenvalue weighted by Gasteiger charge is 2.35. The molecule has 128 valence electrons. The number of rotatable bonds is 5. The molecule has 3 rings (SSSR count). The highest BCUT2D eigenvalue weighted by Crippen LogP contribution is 2.30. The third-order valence-electron chi connectivity index (χ3n) is 4.56. The number of hydrogen-bond donors (Lipinski definition) is 2. The number of aliphatic hydroxyl groups is 1. The van der Waals surface area contributed by atoms with Gasteiger partial charge in [0.05, 0.1) is 22.8 Å². The zero-order chi connectivity index (χ0) is 17.2. The van der Waals surface area contributed by atoms with Gasteiger partial charge in [0.25, 0.3) is 5.91 Å². The third kappa shape index (κ3) is 3.65. The van der Waals surface area contributed by atoms with Gasteiger partial charge < -0.3 is 10.4 Å². The summed E-state index contributed by atoms with van der Waals surface area (Å²) in [5, 5.41) is 13.5. The van der Waals surface area contributed by atoms with Crippen molar-refractivity contribution in [3.63, 3.8) is 0 Å². The summed E-state index contributed by atoms with van der Waals surface area (Å²) in [5.41, 5.74) is 1.17. The molecule has 0 bridgehead atoms. The first-order chi connectivity index (χ1) is 11.5. The number of hydrogen-bond acceptors (Lipinski definition) is 4. The monoisotopic (exact) mass is 348 g/mol. The molecule has 1 heterocycles. The quantitative estimate of drug-likeness (QED) is 0.872. The number of carbonyl (C=O) groups is 1. The largest absolute Gasteiger partial charge is 0.394 e. The van der Waals surface area contributed by atoms with Gasteiger partial charge in [-0.15, -0.1) is 11.3 Å². The molecular weight excluding hydrogens is 327 g/mol. The van der Waals surface area contributed by atoms with Crippen molar-refractivity contribution >= 4 is 17.2 Å². The molecule has 1 fully saturated rings. The maximum atomic E-state index is 13.0. The Kier molecular flexibility index (Phi) is 4.96. The van der Waals surface area contributed by atoms with Crippen molar-refractivity contribution in [2.45, 2.75) is 44.6 Å². The lowest BCUT2D eigenvalue weighted by Gasteiger charge is -2.27. The molecule has 1 aliphatic rings. The lowest BCUT2D eigenvalue weighted by atomic mass is 9.99. The van der Waals surface area contributed by atoms with E-state index in [1.807, 2.05) is 6.92 Å². The molecule has 24 heavy (non-hydrogen) atoms. The van der Waals surface area contributed by atoms with E-state index in [1.54, 1.807) is 12.1 Å². The van der Waals surface area contributed by atoms with Crippen molar-refractivity contribution in [2.24, 2.45) is 0 Å². The SMILES string of the molecule is Cc1nc(Cc2ccc(F)cc2)sc1C(=O)NC1(CO)CCCC1. The number of aliphatic hydroxyl groups excluding tert-OH is 1. The summed E-state index contributed by atoms with van der Waals surface area (Å²) in [4.78, 5) is 17.7. The van der Waals surface area contributed by atoms with Crippen LogP contribution >= 0.6 is 11.3 Å². The molecule has 1 aliphatic carbocycles. The molecule has 1 amide bonds. The Balaban J connectivity index is 1.73. The van der Waals surface area contributed by atoms with Gasteiger partial charge in [-0.25, -0.2) is 9.37 Å². The molecule has 0 radical (unpaired) electrons. The van der Waals surface area contributed by atoms with Gasteiger partial charge in [-0.2, -0.15) is 0 Å². The smallest absolute Gasteiger partial charge is 0.263 e. The molecule has 0 unspecified atom stereocenters. The summed E-state index contributed by atoms with van der Waals surface area (Å²) in [6, 6.07) is 6.30. The topological polar surface area (TPSA) is 62.2 Å². The highest BCUT2D eigenvalue weighted by atomic mass is 32.1. The van der Waals surface area contributed by atoms with Crippen LogP contribution in [-0.2, 0) is 6.42 Å². The summed E-state index contributed by atoms with van der Waals surface area (Å²) in [7, 11) is 0. The number of nitrogens with one attached hydrogen (secondary N) is 1. The second-order valence-corrected chi connectivity index (χ2v) is 7.51. The minimum atomic E-state index is -0.482. The lowest BCUT2D eigenvalue weighted by molar-refractivity contribution is 0.0842. The normalized spacial score (nSPS) is 16.3. The molecule has 0 aliphatic heterocycles. The van der Waals surface area contributed by atoms with Crippen molar-refractivity contribution in [3.8, 4) is 0 Å². The first-order valence-electron chi connectivity index (χ1n) is 8.15. The Hall–Kier alpha value is -1.79. The van der Waals surface area contributed by atoms with Crippen LogP contribution in [0, 0.1) is 12.7 Å². The fourth-order valence-electron chi connectivity index (χ4n) is 3.19. The van der Waals surface area contributed by atoms with Crippen LogP contribution in [0.25, 0.3) is 0 Å². The van der Waals surface area contributed by atoms with Gasteiger partial charge in [0.2, 0.25) is 0 Å². The maximum Gasteiger partial charge on any atom is 0.263 e. The molecule has 2 N–H and O–H groups in total. The molecule has 0 spiro atoms. The van der Waals surface area contributed by atoms with E-state index in [2.05, 4.69) is 10.3 Å². The number of nitrogens with zero attached hydrogens (tertiary/aromatic N) is 1. The summed E-state index contributed by atoms with van der Waals surface area (Å²) in [5.74, 6) is -0.425. The lowest BCUT2D eigenvalue weighted by Crippen LogP contribution is -2.49. The van der Waals surface area contributed by atoms with Gasteiger partial charge >= 0.3 is 0 Å². The third-order valence-corrected chi connectivity index (χ3v) is 5.71. The Morgan fingerprint density at radius 2 is 2.00 bits per heavy atom. The van der Waals surface area contributed by atoms with Crippen molar-refractivity contribution in [1.29, 1.82) is 0 Å². The average Bonchev–Trinajstić information content (AvgIpc) is 3.17. The van der Waals surface area contributed by atoms with Crippen molar-refractivity contribution in [3.05, 3.63) is 51.2 Å². The average molecular weight is 348 g/mol. The van der Waals surface area contributed by atoms with Crippen LogP contribution in [0.15, 0.2) is 24.3 Å². The van der Waals surface area contributed by atoms with Crippen LogP contribution in [0.2, 0.25) is 0 Å². The van der Waals surface area contributed by atoms with E-state index in [4.69, 9.17) is 0 Å². The molecule has 1 saturated carbocycles. The van der Waals surface area contributed by atoms with Gasteiger partial charge in [-0.1, -0.05) is 25.0 Å². The summed E-state index contributed by atoms with van der Waals surface area (Å²) >= 11 is 1.36. The molecule has 1 aromatic carbocycles. The van der Waals surface area contributed by atoms with Gasteiger partial charge in [-0.3, -0.25) is 4.79 Å². The van der Waals surface area contributed by atoms with Gasteiger partial charge in [0.15, 0.2) is 0 Å².